The van der Waals surface area contributed by atoms with Crippen LogP contribution in [0.2, 0.25) is 0 Å². The van der Waals surface area contributed by atoms with Gasteiger partial charge in [0, 0.05) is 108 Å². The Kier molecular flexibility index (Phi) is 22.0. The molecule has 0 amide bonds. The minimum Gasteiger partial charge on any atom is -0.388 e. The maximum Gasteiger partial charge on any atom is 0.186 e. The topological polar surface area (TPSA) is 77.4 Å². The molecule has 0 saturated carbocycles. The first-order valence-corrected chi connectivity index (χ1v) is 9.90. The van der Waals surface area contributed by atoms with Crippen molar-refractivity contribution in [2.75, 3.05) is 6.61 Å². The van der Waals surface area contributed by atoms with Gasteiger partial charge < -0.3 is 29.2 Å². The summed E-state index contributed by atoms with van der Waals surface area (Å²) < 4.78 is 23.9. The third-order valence-corrected chi connectivity index (χ3v) is 5.84. The van der Waals surface area contributed by atoms with E-state index in [-0.39, 0.29) is 134 Å². The molecule has 0 aliphatic carbocycles. The Bertz CT molecular complexity index is 461. The summed E-state index contributed by atoms with van der Waals surface area (Å²) in [5.41, 5.74) is 0. The van der Waals surface area contributed by atoms with Crippen molar-refractivity contribution >= 4 is 8.41 Å². The van der Waals surface area contributed by atoms with E-state index in [1.807, 2.05) is 27.7 Å². The molecule has 9 heteroatoms. The van der Waals surface area contributed by atoms with Crippen molar-refractivity contribution in [3.05, 3.63) is 12.7 Å². The predicted octanol–water partition coefficient (Wildman–Crippen LogP) is 2.52. The van der Waals surface area contributed by atoms with Crippen LogP contribution >= 0.6 is 0 Å². The Hall–Kier alpha value is 2.45. The Labute approximate surface area is 257 Å². The van der Waals surface area contributed by atoms with Gasteiger partial charge in [0.1, 0.15) is 12.2 Å². The number of hydrogen-bond acceptors (Lipinski definition) is 6. The smallest absolute Gasteiger partial charge is 0.186 e. The molecule has 169 valence electrons. The third kappa shape index (κ3) is 8.91. The standard InChI is InChI=1S/C20H36O6.CH4.2Ac.B/c1-7-10-23-18-11(4)15(9-3)25-20(17(18)22)26-19-12(5)14(8-2)24-13(6)16(19)21;;;;/h7,11-22H,1,8-10H2,2-6H3;1H4;;;/t11-,12-,13+,14?,15?,16?,17?,18+,19+,20+;;;;/m1..../s1. The van der Waals surface area contributed by atoms with E-state index >= 15 is 0 Å². The zero-order chi connectivity index (χ0) is 19.4. The van der Waals surface area contributed by atoms with Crippen molar-refractivity contribution < 1.29 is 117 Å². The van der Waals surface area contributed by atoms with E-state index in [4.69, 9.17) is 18.9 Å². The number of rotatable bonds is 7. The number of ether oxygens (including phenoxy) is 4. The SMILES string of the molecule is C.C=CCO[C@@H]1C(O)[C@H](O[C@@H]2C(O)[C@H](C)OC(CC)[C@H]2C)OC(CC)[C@H]1C.[Ac].[Ac].[B]. The van der Waals surface area contributed by atoms with Crippen LogP contribution in [-0.4, -0.2) is 74.3 Å². The molecule has 6 nitrogen and oxygen atoms in total. The fourth-order valence-electron chi connectivity index (χ4n) is 4.16. The van der Waals surface area contributed by atoms with Crippen LogP contribution in [0.15, 0.2) is 12.7 Å². The zero-order valence-electron chi connectivity index (χ0n) is 18.4. The Morgan fingerprint density at radius 1 is 0.900 bits per heavy atom. The summed E-state index contributed by atoms with van der Waals surface area (Å²) in [6.45, 7) is 14.0. The summed E-state index contributed by atoms with van der Waals surface area (Å²) in [5, 5.41) is 21.4. The summed E-state index contributed by atoms with van der Waals surface area (Å²) in [6, 6.07) is 0. The van der Waals surface area contributed by atoms with Gasteiger partial charge in [-0.25, -0.2) is 0 Å². The van der Waals surface area contributed by atoms with Gasteiger partial charge in [-0.2, -0.15) is 0 Å². The molecule has 0 bridgehead atoms. The van der Waals surface area contributed by atoms with Crippen molar-refractivity contribution in [3.63, 3.8) is 0 Å². The second kappa shape index (κ2) is 17.8. The normalized spacial score (nSPS) is 40.6. The Balaban J connectivity index is -0.00000182. The second-order valence-corrected chi connectivity index (χ2v) is 7.63. The zero-order valence-corrected chi connectivity index (χ0v) is 27.9. The molecule has 2 aliphatic heterocycles. The van der Waals surface area contributed by atoms with Crippen LogP contribution in [0.5, 0.6) is 0 Å². The van der Waals surface area contributed by atoms with E-state index in [9.17, 15) is 10.2 Å². The molecule has 2 N–H and O–H groups in total. The number of hydrogen-bond donors (Lipinski definition) is 2. The van der Waals surface area contributed by atoms with Gasteiger partial charge in [0.25, 0.3) is 0 Å². The maximum atomic E-state index is 10.8. The summed E-state index contributed by atoms with van der Waals surface area (Å²) in [4.78, 5) is 0. The monoisotopic (exact) mass is 853 g/mol. The van der Waals surface area contributed by atoms with Gasteiger partial charge in [0.2, 0.25) is 0 Å². The minimum absolute atomic E-state index is 0. The van der Waals surface area contributed by atoms with Crippen molar-refractivity contribution in [2.45, 2.75) is 104 Å². The molecule has 0 aromatic heterocycles. The molecule has 10 atom stereocenters. The van der Waals surface area contributed by atoms with E-state index in [1.165, 1.54) is 0 Å². The van der Waals surface area contributed by atoms with Crippen LogP contribution in [0.4, 0.5) is 0 Å². The molecule has 2 heterocycles. The molecule has 5 radical (unpaired) electrons. The quantitative estimate of drug-likeness (QED) is 0.304. The van der Waals surface area contributed by atoms with Crippen LogP contribution in [0.3, 0.4) is 0 Å². The second-order valence-electron chi connectivity index (χ2n) is 7.63. The first kappa shape index (κ1) is 37.0. The number of aliphatic hydroxyl groups excluding tert-OH is 2. The molecule has 0 spiro atoms. The van der Waals surface area contributed by atoms with Crippen molar-refractivity contribution in [2.24, 2.45) is 11.8 Å². The van der Waals surface area contributed by atoms with Crippen molar-refractivity contribution in [3.8, 4) is 0 Å². The van der Waals surface area contributed by atoms with E-state index < -0.39 is 30.7 Å². The summed E-state index contributed by atoms with van der Waals surface area (Å²) in [5.74, 6) is 0.0307. The summed E-state index contributed by atoms with van der Waals surface area (Å²) >= 11 is 0. The van der Waals surface area contributed by atoms with Crippen molar-refractivity contribution in [1.82, 2.24) is 0 Å². The first-order chi connectivity index (χ1) is 12.3. The van der Waals surface area contributed by atoms with Crippen molar-refractivity contribution in [1.29, 1.82) is 0 Å². The Morgan fingerprint density at radius 2 is 1.40 bits per heavy atom. The molecule has 2 aliphatic rings. The van der Waals surface area contributed by atoms with Crippen LogP contribution in [0.1, 0.15) is 54.9 Å². The Morgan fingerprint density at radius 3 is 1.90 bits per heavy atom. The molecule has 4 unspecified atom stereocenters. The van der Waals surface area contributed by atoms with Gasteiger partial charge in [0.15, 0.2) is 6.29 Å². The van der Waals surface area contributed by atoms with E-state index in [2.05, 4.69) is 13.5 Å². The average Bonchev–Trinajstić information content (AvgIpc) is 2.63. The van der Waals surface area contributed by atoms with Gasteiger partial charge in [-0.1, -0.05) is 41.2 Å². The molecule has 0 aromatic carbocycles. The van der Waals surface area contributed by atoms with Gasteiger partial charge in [0.05, 0.1) is 37.1 Å². The molecule has 2 fully saturated rings. The fourth-order valence-corrected chi connectivity index (χ4v) is 4.16. The summed E-state index contributed by atoms with van der Waals surface area (Å²) in [7, 11) is 0. The van der Waals surface area contributed by atoms with Crippen LogP contribution in [-0.2, 0) is 18.9 Å². The predicted molar refractivity (Wildman–Crippen MR) is 111 cm³/mol. The molecule has 2 saturated heterocycles. The van der Waals surface area contributed by atoms with E-state index in [0.717, 1.165) is 12.8 Å². The van der Waals surface area contributed by atoms with E-state index in [0.29, 0.717) is 6.61 Å². The van der Waals surface area contributed by atoms with Gasteiger partial charge in [-0.15, -0.1) is 6.58 Å². The van der Waals surface area contributed by atoms with E-state index in [1.54, 1.807) is 6.08 Å². The van der Waals surface area contributed by atoms with Gasteiger partial charge >= 0.3 is 0 Å². The third-order valence-electron chi connectivity index (χ3n) is 5.84. The van der Waals surface area contributed by atoms with Gasteiger partial charge in [-0.3, -0.25) is 0 Å². The molecular weight excluding hydrogens is 813 g/mol. The maximum absolute atomic E-state index is 10.8. The minimum atomic E-state index is -0.926. The molecule has 30 heavy (non-hydrogen) atoms. The largest absolute Gasteiger partial charge is 0.388 e. The van der Waals surface area contributed by atoms with Crippen LogP contribution in [0.25, 0.3) is 0 Å². The van der Waals surface area contributed by atoms with Crippen LogP contribution < -0.4 is 0 Å². The molecule has 2 rings (SSSR count). The molecule has 0 aromatic rings. The number of aliphatic hydroxyl groups is 2. The fraction of sp³-hybridized carbons (Fsp3) is 0.905. The van der Waals surface area contributed by atoms with Gasteiger partial charge in [-0.05, 0) is 19.8 Å². The first-order valence-electron chi connectivity index (χ1n) is 9.90. The average molecular weight is 853 g/mol. The van der Waals surface area contributed by atoms with Crippen LogP contribution in [0, 0.1) is 100.0 Å². The summed E-state index contributed by atoms with van der Waals surface area (Å²) in [6.07, 6.45) is -0.486. The molecular formula is C21H40Ac2BO6.